The van der Waals surface area contributed by atoms with E-state index in [0.717, 1.165) is 6.42 Å². The van der Waals surface area contributed by atoms with Crippen LogP contribution in [0.25, 0.3) is 0 Å². The normalized spacial score (nSPS) is 4.00. The van der Waals surface area contributed by atoms with Gasteiger partial charge in [-0.3, -0.25) is 5.83 Å². The van der Waals surface area contributed by atoms with Crippen molar-refractivity contribution in [2.45, 2.75) is 13.3 Å². The Balaban J connectivity index is -0.0000000275. The average molecular weight is 226 g/mol. The Kier molecular flexibility index (Phi) is 80.2. The molecule has 0 atom stereocenters. The Labute approximate surface area is 74.1 Å². The third kappa shape index (κ3) is 46.8. The Morgan fingerprint density at radius 1 is 1.50 bits per heavy atom. The predicted octanol–water partition coefficient (Wildman–Crippen LogP) is 2.40. The van der Waals surface area contributed by atoms with Gasteiger partial charge in [0.2, 0.25) is 0 Å². The maximum Gasteiger partial charge on any atom is 0 e. The van der Waals surface area contributed by atoms with Gasteiger partial charge in [0.25, 0.3) is 0 Å². The fourth-order valence-corrected chi connectivity index (χ4v) is 0. The Morgan fingerprint density at radius 3 is 1.50 bits per heavy atom. The molecule has 0 saturated carbocycles. The monoisotopic (exact) mass is 225 g/mol. The van der Waals surface area contributed by atoms with Gasteiger partial charge in [-0.05, 0) is 0 Å². The molecule has 0 unspecified atom stereocenters. The molecule has 0 aromatic carbocycles. The average Bonchev–Trinajstić information content (AvgIpc) is 1.46. The van der Waals surface area contributed by atoms with Crippen LogP contribution in [0.2, 0.25) is 0 Å². The Morgan fingerprint density at radius 2 is 1.50 bits per heavy atom. The summed E-state index contributed by atoms with van der Waals surface area (Å²) in [5.41, 5.74) is 0. The van der Waals surface area contributed by atoms with Crippen LogP contribution < -0.4 is 0 Å². The van der Waals surface area contributed by atoms with Crippen LogP contribution in [-0.2, 0) is 32.7 Å². The molecule has 0 heterocycles. The minimum atomic E-state index is 0. The van der Waals surface area contributed by atoms with Crippen LogP contribution in [0.4, 0.5) is 0 Å². The number of halogens is 1. The van der Waals surface area contributed by atoms with E-state index in [1.807, 2.05) is 6.92 Å². The maximum atomic E-state index is 3.49. The first-order valence-corrected chi connectivity index (χ1v) is 2.60. The summed E-state index contributed by atoms with van der Waals surface area (Å²) in [5, 5.41) is 0. The summed E-state index contributed by atoms with van der Waals surface area (Å²) in [4.78, 5) is 0. The minimum Gasteiger partial charge on any atom is -0.344 e. The van der Waals surface area contributed by atoms with E-state index in [-0.39, 0.29) is 32.7 Å². The molecule has 0 aromatic rings. The summed E-state index contributed by atoms with van der Waals surface area (Å²) in [5.74, 6) is 3.06. The molecule has 1 radical (unpaired) electrons. The first-order chi connectivity index (χ1) is 2.41. The zero-order chi connectivity index (χ0) is 4.71. The van der Waals surface area contributed by atoms with E-state index in [1.54, 1.807) is 0 Å². The van der Waals surface area contributed by atoms with Gasteiger partial charge in [0, 0.05) is 32.7 Å². The van der Waals surface area contributed by atoms with Gasteiger partial charge in [-0.2, -0.15) is 6.42 Å². The van der Waals surface area contributed by atoms with Crippen LogP contribution in [0.15, 0.2) is 0 Å². The zero-order valence-electron chi connectivity index (χ0n) is 4.08. The molecule has 37 valence electrons. The maximum absolute atomic E-state index is 3.49. The molecule has 2 heteroatoms. The summed E-state index contributed by atoms with van der Waals surface area (Å²) < 4.78 is 0. The van der Waals surface area contributed by atoms with Crippen LogP contribution in [0.3, 0.4) is 0 Å². The summed E-state index contributed by atoms with van der Waals surface area (Å²) >= 11 is 2.69. The van der Waals surface area contributed by atoms with Gasteiger partial charge in [-0.25, -0.2) is 0 Å². The summed E-state index contributed by atoms with van der Waals surface area (Å²) in [6, 6.07) is 0. The minimum absolute atomic E-state index is 0. The molecule has 0 spiro atoms. The van der Waals surface area contributed by atoms with E-state index in [0.29, 0.717) is 0 Å². The third-order valence-corrected chi connectivity index (χ3v) is 0. The van der Waals surface area contributed by atoms with Gasteiger partial charge in [-0.15, -0.1) is 0 Å². The van der Waals surface area contributed by atoms with Crippen LogP contribution in [0.1, 0.15) is 13.3 Å². The summed E-state index contributed by atoms with van der Waals surface area (Å²) in [7, 11) is 0. The Hall–Kier alpha value is 1.58. The van der Waals surface area contributed by atoms with E-state index in [4.69, 9.17) is 0 Å². The second kappa shape index (κ2) is 30.7. The number of hydrogen-bond donors (Lipinski definition) is 0. The molecule has 0 saturated heterocycles. The van der Waals surface area contributed by atoms with Crippen molar-refractivity contribution >= 4 is 15.9 Å². The standard InChI is InChI=1S/C3H7.CH2Br.Y/c1-3-2;1-2;/h1,3H2,2H3;1H2;/q2*-1;. The zero-order valence-corrected chi connectivity index (χ0v) is 8.50. The van der Waals surface area contributed by atoms with Gasteiger partial charge in [0.05, 0.1) is 0 Å². The van der Waals surface area contributed by atoms with Crippen molar-refractivity contribution in [3.63, 3.8) is 0 Å². The van der Waals surface area contributed by atoms with E-state index < -0.39 is 0 Å². The van der Waals surface area contributed by atoms with Gasteiger partial charge < -0.3 is 22.9 Å². The molecule has 0 amide bonds. The van der Waals surface area contributed by atoms with Crippen LogP contribution in [-0.4, -0.2) is 0 Å². The molecule has 0 bridgehead atoms. The van der Waals surface area contributed by atoms with Crippen molar-refractivity contribution in [1.29, 1.82) is 0 Å². The summed E-state index contributed by atoms with van der Waals surface area (Å²) in [6.07, 6.45) is 1.00. The first kappa shape index (κ1) is 15.6. The molecule has 0 fully saturated rings. The molecular formula is C4H9BrY-2. The van der Waals surface area contributed by atoms with Crippen molar-refractivity contribution in [1.82, 2.24) is 0 Å². The SMILES string of the molecule is [CH2-]Br.[CH2-]CC.[Y]. The van der Waals surface area contributed by atoms with Crippen LogP contribution in [0, 0.1) is 12.8 Å². The Bertz CT molecular complexity index is 7.51. The molecular weight excluding hydrogens is 217 g/mol. The van der Waals surface area contributed by atoms with E-state index in [2.05, 4.69) is 28.7 Å². The van der Waals surface area contributed by atoms with Crippen LogP contribution >= 0.6 is 15.9 Å². The molecule has 0 nitrogen and oxygen atoms in total. The first-order valence-electron chi connectivity index (χ1n) is 1.47. The predicted molar refractivity (Wildman–Crippen MR) is 29.9 cm³/mol. The molecule has 0 aliphatic carbocycles. The van der Waals surface area contributed by atoms with E-state index in [9.17, 15) is 0 Å². The van der Waals surface area contributed by atoms with Crippen LogP contribution in [0.5, 0.6) is 0 Å². The van der Waals surface area contributed by atoms with Crippen molar-refractivity contribution in [3.05, 3.63) is 12.8 Å². The largest absolute Gasteiger partial charge is 0.344 e. The number of rotatable bonds is 0. The van der Waals surface area contributed by atoms with Crippen molar-refractivity contribution in [3.8, 4) is 0 Å². The van der Waals surface area contributed by atoms with Gasteiger partial charge in [-0.1, -0.05) is 6.92 Å². The smallest absolute Gasteiger partial charge is 0 e. The fourth-order valence-electron chi connectivity index (χ4n) is 0. The second-order valence-electron chi connectivity index (χ2n) is 0.500. The van der Waals surface area contributed by atoms with E-state index in [1.165, 1.54) is 0 Å². The van der Waals surface area contributed by atoms with Gasteiger partial charge >= 0.3 is 0 Å². The molecule has 0 aromatic heterocycles. The molecule has 0 N–H and O–H groups in total. The summed E-state index contributed by atoms with van der Waals surface area (Å²) in [6.45, 7) is 5.50. The molecule has 0 rings (SSSR count). The third-order valence-electron chi connectivity index (χ3n) is 0. The topological polar surface area (TPSA) is 0 Å². The van der Waals surface area contributed by atoms with Crippen molar-refractivity contribution in [2.24, 2.45) is 0 Å². The quantitative estimate of drug-likeness (QED) is 0.556. The van der Waals surface area contributed by atoms with Crippen molar-refractivity contribution < 1.29 is 32.7 Å². The number of hydrogen-bond acceptors (Lipinski definition) is 0. The fraction of sp³-hybridized carbons (Fsp3) is 0.500. The molecule has 0 aliphatic heterocycles. The van der Waals surface area contributed by atoms with Gasteiger partial charge in [0.1, 0.15) is 0 Å². The second-order valence-corrected chi connectivity index (χ2v) is 0.500. The molecule has 0 aliphatic rings. The van der Waals surface area contributed by atoms with Crippen molar-refractivity contribution in [2.75, 3.05) is 0 Å². The van der Waals surface area contributed by atoms with E-state index >= 15 is 0 Å². The molecule has 6 heavy (non-hydrogen) atoms. The van der Waals surface area contributed by atoms with Gasteiger partial charge in [0.15, 0.2) is 0 Å².